The average molecular weight is 435 g/mol. The van der Waals surface area contributed by atoms with Crippen molar-refractivity contribution in [3.05, 3.63) is 83.9 Å². The third-order valence-electron chi connectivity index (χ3n) is 5.93. The highest BCUT2D eigenvalue weighted by molar-refractivity contribution is 7.84. The molecule has 3 aromatic rings. The van der Waals surface area contributed by atoms with Crippen LogP contribution >= 0.6 is 0 Å². The summed E-state index contributed by atoms with van der Waals surface area (Å²) in [6, 6.07) is 24.9. The molecule has 162 valence electrons. The Morgan fingerprint density at radius 2 is 1.84 bits per heavy atom. The van der Waals surface area contributed by atoms with Crippen LogP contribution in [0.1, 0.15) is 24.1 Å². The van der Waals surface area contributed by atoms with E-state index in [4.69, 9.17) is 4.74 Å². The summed E-state index contributed by atoms with van der Waals surface area (Å²) in [5.41, 5.74) is 4.44. The fraction of sp³-hybridized carbons (Fsp3) is 0.308. The molecule has 0 saturated carbocycles. The quantitative estimate of drug-likeness (QED) is 0.588. The van der Waals surface area contributed by atoms with Crippen LogP contribution in [0.5, 0.6) is 5.75 Å². The van der Waals surface area contributed by atoms with E-state index in [0.29, 0.717) is 11.8 Å². The van der Waals surface area contributed by atoms with Gasteiger partial charge in [-0.15, -0.1) is 0 Å². The molecule has 0 bridgehead atoms. The molecule has 2 atom stereocenters. The topological polar surface area (TPSA) is 41.6 Å². The Bertz CT molecular complexity index is 1020. The molecule has 4 rings (SSSR count). The van der Waals surface area contributed by atoms with Crippen molar-refractivity contribution in [3.63, 3.8) is 0 Å². The van der Waals surface area contributed by atoms with Crippen molar-refractivity contribution in [1.82, 2.24) is 10.2 Å². The molecule has 0 aromatic heterocycles. The Labute approximate surface area is 187 Å². The molecule has 1 saturated heterocycles. The molecule has 2 unspecified atom stereocenters. The van der Waals surface area contributed by atoms with Gasteiger partial charge in [0.15, 0.2) is 0 Å². The van der Waals surface area contributed by atoms with E-state index in [2.05, 4.69) is 47.5 Å². The van der Waals surface area contributed by atoms with E-state index >= 15 is 0 Å². The van der Waals surface area contributed by atoms with Gasteiger partial charge in [-0.2, -0.15) is 0 Å². The van der Waals surface area contributed by atoms with Crippen molar-refractivity contribution >= 4 is 10.8 Å². The van der Waals surface area contributed by atoms with Crippen molar-refractivity contribution < 1.29 is 8.95 Å². The minimum absolute atomic E-state index is 0.385. The van der Waals surface area contributed by atoms with Gasteiger partial charge in [-0.05, 0) is 47.5 Å². The van der Waals surface area contributed by atoms with Crippen LogP contribution in [0.2, 0.25) is 0 Å². The summed E-state index contributed by atoms with van der Waals surface area (Å²) in [6.07, 6.45) is 0. The smallest absolute Gasteiger partial charge is 0.126 e. The molecule has 1 N–H and O–H groups in total. The van der Waals surface area contributed by atoms with E-state index in [0.717, 1.165) is 53.5 Å². The van der Waals surface area contributed by atoms with Crippen LogP contribution in [0.25, 0.3) is 11.1 Å². The Kier molecular flexibility index (Phi) is 7.17. The van der Waals surface area contributed by atoms with Gasteiger partial charge in [-0.25, -0.2) is 0 Å². The monoisotopic (exact) mass is 434 g/mol. The minimum atomic E-state index is -1.10. The average Bonchev–Trinajstić information content (AvgIpc) is 2.84. The number of piperazine rings is 1. The van der Waals surface area contributed by atoms with Gasteiger partial charge in [0.2, 0.25) is 0 Å². The molecular weight excluding hydrogens is 404 g/mol. The summed E-state index contributed by atoms with van der Waals surface area (Å²) in [5, 5.41) is 3.48. The van der Waals surface area contributed by atoms with Crippen LogP contribution in [-0.2, 0) is 16.6 Å². The highest BCUT2D eigenvalue weighted by Gasteiger charge is 2.22. The summed E-state index contributed by atoms with van der Waals surface area (Å²) in [7, 11) is 0.582. The SMILES string of the molecule is CCN1CCNCC1c1ccc(S(=O)Cc2ccc(OC)c(-c3ccccc3)c2)cc1. The van der Waals surface area contributed by atoms with Gasteiger partial charge in [0, 0.05) is 36.1 Å². The van der Waals surface area contributed by atoms with Gasteiger partial charge in [-0.1, -0.05) is 55.5 Å². The van der Waals surface area contributed by atoms with Gasteiger partial charge >= 0.3 is 0 Å². The first-order chi connectivity index (χ1) is 15.2. The highest BCUT2D eigenvalue weighted by atomic mass is 32.2. The van der Waals surface area contributed by atoms with Crippen molar-refractivity contribution in [2.45, 2.75) is 23.6 Å². The fourth-order valence-corrected chi connectivity index (χ4v) is 5.31. The van der Waals surface area contributed by atoms with Crippen molar-refractivity contribution in [2.75, 3.05) is 33.3 Å². The second-order valence-corrected chi connectivity index (χ2v) is 9.26. The predicted molar refractivity (Wildman–Crippen MR) is 128 cm³/mol. The molecule has 1 fully saturated rings. The van der Waals surface area contributed by atoms with Gasteiger partial charge in [-0.3, -0.25) is 9.11 Å². The Morgan fingerprint density at radius 3 is 2.55 bits per heavy atom. The third-order valence-corrected chi connectivity index (χ3v) is 7.33. The van der Waals surface area contributed by atoms with Gasteiger partial charge in [0.1, 0.15) is 5.75 Å². The molecule has 0 spiro atoms. The Balaban J connectivity index is 1.51. The third kappa shape index (κ3) is 5.06. The molecule has 1 heterocycles. The minimum Gasteiger partial charge on any atom is -0.496 e. The van der Waals surface area contributed by atoms with E-state index in [1.54, 1.807) is 7.11 Å². The summed E-state index contributed by atoms with van der Waals surface area (Å²) in [4.78, 5) is 3.36. The number of hydrogen-bond acceptors (Lipinski definition) is 4. The first kappa shape index (κ1) is 21.8. The summed E-state index contributed by atoms with van der Waals surface area (Å²) >= 11 is 0. The standard InChI is InChI=1S/C26H30N2O2S/c1-3-28-16-15-27-18-25(28)22-10-12-23(13-11-22)31(29)19-20-9-14-26(30-2)24(17-20)21-7-5-4-6-8-21/h4-14,17,25,27H,3,15-16,18-19H2,1-2H3. The number of nitrogens with one attached hydrogen (secondary N) is 1. The Morgan fingerprint density at radius 1 is 1.06 bits per heavy atom. The number of likely N-dealkylation sites (N-methyl/N-ethyl adjacent to an activating group) is 1. The van der Waals surface area contributed by atoms with Crippen LogP contribution in [0, 0.1) is 0 Å². The van der Waals surface area contributed by atoms with Crippen molar-refractivity contribution in [3.8, 4) is 16.9 Å². The number of methoxy groups -OCH3 is 1. The molecule has 0 radical (unpaired) electrons. The largest absolute Gasteiger partial charge is 0.496 e. The predicted octanol–water partition coefficient (Wildman–Crippen LogP) is 4.64. The van der Waals surface area contributed by atoms with Gasteiger partial charge < -0.3 is 10.1 Å². The van der Waals surface area contributed by atoms with E-state index in [1.807, 2.05) is 42.5 Å². The first-order valence-corrected chi connectivity index (χ1v) is 12.2. The fourth-order valence-electron chi connectivity index (χ4n) is 4.22. The van der Waals surface area contributed by atoms with E-state index in [1.165, 1.54) is 5.56 Å². The summed E-state index contributed by atoms with van der Waals surface area (Å²) in [6.45, 7) is 6.32. The molecule has 0 amide bonds. The number of rotatable bonds is 7. The second-order valence-electron chi connectivity index (χ2n) is 7.81. The maximum atomic E-state index is 13.1. The van der Waals surface area contributed by atoms with Gasteiger partial charge in [0.05, 0.1) is 23.7 Å². The van der Waals surface area contributed by atoms with Gasteiger partial charge in [0.25, 0.3) is 0 Å². The maximum absolute atomic E-state index is 13.1. The zero-order chi connectivity index (χ0) is 21.6. The molecule has 4 nitrogen and oxygen atoms in total. The van der Waals surface area contributed by atoms with Crippen LogP contribution in [0.3, 0.4) is 0 Å². The molecular formula is C26H30N2O2S. The Hall–Kier alpha value is -2.47. The zero-order valence-corrected chi connectivity index (χ0v) is 19.0. The van der Waals surface area contributed by atoms with E-state index in [9.17, 15) is 4.21 Å². The second kappa shape index (κ2) is 10.2. The van der Waals surface area contributed by atoms with Crippen molar-refractivity contribution in [2.24, 2.45) is 0 Å². The summed E-state index contributed by atoms with van der Waals surface area (Å²) in [5.74, 6) is 1.31. The van der Waals surface area contributed by atoms with Crippen LogP contribution in [0.15, 0.2) is 77.7 Å². The zero-order valence-electron chi connectivity index (χ0n) is 18.2. The van der Waals surface area contributed by atoms with Crippen LogP contribution in [0.4, 0.5) is 0 Å². The molecule has 31 heavy (non-hydrogen) atoms. The number of nitrogens with zero attached hydrogens (tertiary/aromatic N) is 1. The van der Waals surface area contributed by atoms with Crippen LogP contribution in [-0.4, -0.2) is 42.4 Å². The maximum Gasteiger partial charge on any atom is 0.126 e. The lowest BCUT2D eigenvalue weighted by atomic mass is 10.0. The molecule has 0 aliphatic carbocycles. The first-order valence-electron chi connectivity index (χ1n) is 10.8. The molecule has 1 aliphatic heterocycles. The van der Waals surface area contributed by atoms with Crippen molar-refractivity contribution in [1.29, 1.82) is 0 Å². The lowest BCUT2D eigenvalue weighted by Crippen LogP contribution is -2.45. The number of ether oxygens (including phenoxy) is 1. The normalized spacial score (nSPS) is 17.9. The molecule has 3 aromatic carbocycles. The molecule has 5 heteroatoms. The number of hydrogen-bond donors (Lipinski definition) is 1. The lowest BCUT2D eigenvalue weighted by Gasteiger charge is -2.35. The number of benzene rings is 3. The van der Waals surface area contributed by atoms with E-state index < -0.39 is 10.8 Å². The van der Waals surface area contributed by atoms with Crippen LogP contribution < -0.4 is 10.1 Å². The summed E-state index contributed by atoms with van der Waals surface area (Å²) < 4.78 is 18.6. The lowest BCUT2D eigenvalue weighted by molar-refractivity contribution is 0.171. The highest BCUT2D eigenvalue weighted by Crippen LogP contribution is 2.31. The van der Waals surface area contributed by atoms with E-state index in [-0.39, 0.29) is 0 Å². The molecule has 1 aliphatic rings.